The Morgan fingerprint density at radius 2 is 1.97 bits per heavy atom. The van der Waals surface area contributed by atoms with E-state index in [-0.39, 0.29) is 11.8 Å². The Bertz CT molecular complexity index is 1040. The van der Waals surface area contributed by atoms with E-state index in [0.717, 1.165) is 37.2 Å². The number of piperidine rings is 1. The lowest BCUT2D eigenvalue weighted by Gasteiger charge is -2.33. The van der Waals surface area contributed by atoms with Gasteiger partial charge in [-0.3, -0.25) is 4.79 Å². The van der Waals surface area contributed by atoms with Crippen molar-refractivity contribution in [3.8, 4) is 11.6 Å². The smallest absolute Gasteiger partial charge is 0.263 e. The fraction of sp³-hybridized carbons (Fsp3) is 0.320. The fourth-order valence-electron chi connectivity index (χ4n) is 3.82. The van der Waals surface area contributed by atoms with E-state index in [1.807, 2.05) is 49.4 Å². The molecule has 1 amide bonds. The zero-order chi connectivity index (χ0) is 21.6. The first-order valence-corrected chi connectivity index (χ1v) is 10.8. The minimum atomic E-state index is -0.117. The third-order valence-corrected chi connectivity index (χ3v) is 5.58. The van der Waals surface area contributed by atoms with Gasteiger partial charge in [-0.05, 0) is 56.0 Å². The van der Waals surface area contributed by atoms with Crippen LogP contribution in [0.1, 0.15) is 30.9 Å². The molecule has 1 atom stereocenters. The standard InChI is InChI=1S/C25H28N4O2/c1-3-19-6-4-8-21(16-19)28-24(30)20-7-5-15-29(17-20)23-25(27-14-13-26-23)31-22-11-9-18(2)10-12-22/h4,6,8-14,16,20H,3,5,7,15,17H2,1-2H3,(H,28,30)/t20-/m1/s1. The summed E-state index contributed by atoms with van der Waals surface area (Å²) in [6.07, 6.45) is 5.99. The van der Waals surface area contributed by atoms with Crippen molar-refractivity contribution in [3.63, 3.8) is 0 Å². The molecule has 0 radical (unpaired) electrons. The molecular weight excluding hydrogens is 388 g/mol. The summed E-state index contributed by atoms with van der Waals surface area (Å²) in [6.45, 7) is 5.55. The van der Waals surface area contributed by atoms with Gasteiger partial charge in [0.15, 0.2) is 5.82 Å². The third-order valence-electron chi connectivity index (χ3n) is 5.58. The van der Waals surface area contributed by atoms with E-state index < -0.39 is 0 Å². The number of amides is 1. The highest BCUT2D eigenvalue weighted by Gasteiger charge is 2.28. The summed E-state index contributed by atoms with van der Waals surface area (Å²) in [5.74, 6) is 1.78. The summed E-state index contributed by atoms with van der Waals surface area (Å²) in [5, 5.41) is 3.09. The van der Waals surface area contributed by atoms with E-state index >= 15 is 0 Å². The van der Waals surface area contributed by atoms with E-state index in [1.54, 1.807) is 12.4 Å². The van der Waals surface area contributed by atoms with Gasteiger partial charge in [0.1, 0.15) is 5.75 Å². The molecule has 2 aromatic carbocycles. The largest absolute Gasteiger partial charge is 0.436 e. The Hall–Kier alpha value is -3.41. The van der Waals surface area contributed by atoms with Crippen LogP contribution in [-0.4, -0.2) is 29.0 Å². The first kappa shape index (κ1) is 20.8. The molecule has 0 unspecified atom stereocenters. The Balaban J connectivity index is 1.47. The number of aryl methyl sites for hydroxylation is 2. The van der Waals surface area contributed by atoms with E-state index in [0.29, 0.717) is 18.2 Å². The van der Waals surface area contributed by atoms with Gasteiger partial charge >= 0.3 is 0 Å². The number of aromatic nitrogens is 2. The van der Waals surface area contributed by atoms with Crippen LogP contribution in [0.5, 0.6) is 11.6 Å². The van der Waals surface area contributed by atoms with Crippen molar-refractivity contribution in [3.05, 3.63) is 72.1 Å². The summed E-state index contributed by atoms with van der Waals surface area (Å²) < 4.78 is 6.02. The first-order chi connectivity index (χ1) is 15.1. The van der Waals surface area contributed by atoms with E-state index in [9.17, 15) is 4.79 Å². The number of carbonyl (C=O) groups excluding carboxylic acids is 1. The molecule has 0 spiro atoms. The molecule has 2 heterocycles. The predicted molar refractivity (Wildman–Crippen MR) is 123 cm³/mol. The summed E-state index contributed by atoms with van der Waals surface area (Å²) >= 11 is 0. The monoisotopic (exact) mass is 416 g/mol. The van der Waals surface area contributed by atoms with Crippen molar-refractivity contribution in [2.24, 2.45) is 5.92 Å². The van der Waals surface area contributed by atoms with Crippen LogP contribution in [0.3, 0.4) is 0 Å². The average molecular weight is 417 g/mol. The van der Waals surface area contributed by atoms with Crippen LogP contribution in [-0.2, 0) is 11.2 Å². The van der Waals surface area contributed by atoms with E-state index in [2.05, 4.69) is 33.2 Å². The van der Waals surface area contributed by atoms with Crippen molar-refractivity contribution in [2.45, 2.75) is 33.1 Å². The van der Waals surface area contributed by atoms with Gasteiger partial charge in [-0.15, -0.1) is 0 Å². The van der Waals surface area contributed by atoms with Gasteiger partial charge in [0.25, 0.3) is 5.88 Å². The number of hydrogen-bond donors (Lipinski definition) is 1. The maximum absolute atomic E-state index is 12.9. The summed E-state index contributed by atoms with van der Waals surface area (Å²) in [5.41, 5.74) is 3.23. The van der Waals surface area contributed by atoms with Crippen LogP contribution in [0.15, 0.2) is 60.9 Å². The van der Waals surface area contributed by atoms with Crippen molar-refractivity contribution in [2.75, 3.05) is 23.3 Å². The lowest BCUT2D eigenvalue weighted by molar-refractivity contribution is -0.120. The fourth-order valence-corrected chi connectivity index (χ4v) is 3.82. The van der Waals surface area contributed by atoms with Gasteiger partial charge < -0.3 is 15.0 Å². The molecule has 1 aromatic heterocycles. The molecule has 0 aliphatic carbocycles. The number of anilines is 2. The van der Waals surface area contributed by atoms with Gasteiger partial charge in [0, 0.05) is 31.2 Å². The zero-order valence-electron chi connectivity index (χ0n) is 18.0. The second-order valence-electron chi connectivity index (χ2n) is 7.93. The third kappa shape index (κ3) is 5.20. The van der Waals surface area contributed by atoms with Gasteiger partial charge in [-0.2, -0.15) is 0 Å². The van der Waals surface area contributed by atoms with Gasteiger partial charge in [0.2, 0.25) is 5.91 Å². The number of benzene rings is 2. The summed E-state index contributed by atoms with van der Waals surface area (Å²) in [7, 11) is 0. The quantitative estimate of drug-likeness (QED) is 0.613. The highest BCUT2D eigenvalue weighted by atomic mass is 16.5. The molecule has 1 aliphatic rings. The minimum absolute atomic E-state index is 0.0443. The molecule has 160 valence electrons. The molecule has 6 nitrogen and oxygen atoms in total. The highest BCUT2D eigenvalue weighted by molar-refractivity contribution is 5.93. The normalized spacial score (nSPS) is 16.1. The van der Waals surface area contributed by atoms with Crippen LogP contribution < -0.4 is 15.0 Å². The Labute approximate surface area is 183 Å². The maximum Gasteiger partial charge on any atom is 0.263 e. The molecule has 6 heteroatoms. The van der Waals surface area contributed by atoms with Gasteiger partial charge in [-0.25, -0.2) is 9.97 Å². The number of carbonyl (C=O) groups is 1. The Kier molecular flexibility index (Phi) is 6.46. The first-order valence-electron chi connectivity index (χ1n) is 10.8. The van der Waals surface area contributed by atoms with Gasteiger partial charge in [0.05, 0.1) is 5.92 Å². The molecule has 3 aromatic rings. The molecular formula is C25H28N4O2. The molecule has 0 bridgehead atoms. The Morgan fingerprint density at radius 3 is 2.77 bits per heavy atom. The molecule has 1 aliphatic heterocycles. The molecule has 0 saturated carbocycles. The van der Waals surface area contributed by atoms with Crippen LogP contribution in [0.4, 0.5) is 11.5 Å². The van der Waals surface area contributed by atoms with Crippen LogP contribution in [0.2, 0.25) is 0 Å². The van der Waals surface area contributed by atoms with Crippen LogP contribution in [0, 0.1) is 12.8 Å². The number of hydrogen-bond acceptors (Lipinski definition) is 5. The lowest BCUT2D eigenvalue weighted by Crippen LogP contribution is -2.41. The number of nitrogens with one attached hydrogen (secondary N) is 1. The van der Waals surface area contributed by atoms with Crippen molar-refractivity contribution in [1.82, 2.24) is 9.97 Å². The van der Waals surface area contributed by atoms with Crippen molar-refractivity contribution in [1.29, 1.82) is 0 Å². The van der Waals surface area contributed by atoms with Gasteiger partial charge in [-0.1, -0.05) is 36.8 Å². The van der Waals surface area contributed by atoms with Crippen LogP contribution in [0.25, 0.3) is 0 Å². The second kappa shape index (κ2) is 9.60. The predicted octanol–water partition coefficient (Wildman–Crippen LogP) is 4.99. The second-order valence-corrected chi connectivity index (χ2v) is 7.93. The molecule has 4 rings (SSSR count). The molecule has 1 N–H and O–H groups in total. The van der Waals surface area contributed by atoms with Crippen LogP contribution >= 0.6 is 0 Å². The molecule has 31 heavy (non-hydrogen) atoms. The summed E-state index contributed by atoms with van der Waals surface area (Å²) in [4.78, 5) is 24.0. The Morgan fingerprint density at radius 1 is 1.16 bits per heavy atom. The summed E-state index contributed by atoms with van der Waals surface area (Å²) in [6, 6.07) is 15.9. The van der Waals surface area contributed by atoms with E-state index in [4.69, 9.17) is 4.74 Å². The average Bonchev–Trinajstić information content (AvgIpc) is 2.81. The number of nitrogens with zero attached hydrogens (tertiary/aromatic N) is 3. The maximum atomic E-state index is 12.9. The highest BCUT2D eigenvalue weighted by Crippen LogP contribution is 2.31. The minimum Gasteiger partial charge on any atom is -0.436 e. The molecule has 1 fully saturated rings. The number of ether oxygens (including phenoxy) is 1. The zero-order valence-corrected chi connectivity index (χ0v) is 18.0. The van der Waals surface area contributed by atoms with Crippen molar-refractivity contribution < 1.29 is 9.53 Å². The van der Waals surface area contributed by atoms with Crippen molar-refractivity contribution >= 4 is 17.4 Å². The van der Waals surface area contributed by atoms with E-state index in [1.165, 1.54) is 11.1 Å². The number of rotatable bonds is 6. The SMILES string of the molecule is CCc1cccc(NC(=O)[C@@H]2CCCN(c3nccnc3Oc3ccc(C)cc3)C2)c1. The molecule has 1 saturated heterocycles. The lowest BCUT2D eigenvalue weighted by atomic mass is 9.97. The topological polar surface area (TPSA) is 67.4 Å².